The van der Waals surface area contributed by atoms with Gasteiger partial charge in [-0.25, -0.2) is 0 Å². The number of rotatable bonds is 5. The Balaban J connectivity index is 1.81. The SMILES string of the molecule is CN(Cc1ccccc1)CC1CCCN(C(=O)CN)C1. The molecule has 4 heteroatoms. The number of benzene rings is 1. The molecular weight excluding hydrogens is 250 g/mol. The van der Waals surface area contributed by atoms with Crippen LogP contribution in [0.4, 0.5) is 0 Å². The molecule has 1 aromatic carbocycles. The van der Waals surface area contributed by atoms with Crippen molar-refractivity contribution in [1.29, 1.82) is 0 Å². The van der Waals surface area contributed by atoms with E-state index in [4.69, 9.17) is 5.73 Å². The van der Waals surface area contributed by atoms with Gasteiger partial charge in [0.1, 0.15) is 0 Å². The maximum absolute atomic E-state index is 11.7. The molecule has 1 heterocycles. The first-order valence-electron chi connectivity index (χ1n) is 7.39. The van der Waals surface area contributed by atoms with E-state index in [0.717, 1.165) is 32.6 Å². The molecule has 1 saturated heterocycles. The number of hydrogen-bond acceptors (Lipinski definition) is 3. The van der Waals surface area contributed by atoms with Gasteiger partial charge < -0.3 is 15.5 Å². The average Bonchev–Trinajstić information content (AvgIpc) is 2.47. The molecule has 2 N–H and O–H groups in total. The summed E-state index contributed by atoms with van der Waals surface area (Å²) in [4.78, 5) is 15.9. The van der Waals surface area contributed by atoms with Crippen LogP contribution in [-0.2, 0) is 11.3 Å². The molecule has 2 rings (SSSR count). The third-order valence-corrected chi connectivity index (χ3v) is 3.91. The summed E-state index contributed by atoms with van der Waals surface area (Å²) < 4.78 is 0. The van der Waals surface area contributed by atoms with Gasteiger partial charge in [-0.3, -0.25) is 4.79 Å². The fourth-order valence-corrected chi connectivity index (χ4v) is 2.97. The van der Waals surface area contributed by atoms with Crippen molar-refractivity contribution in [3.05, 3.63) is 35.9 Å². The Morgan fingerprint density at radius 1 is 1.40 bits per heavy atom. The number of carbonyl (C=O) groups is 1. The van der Waals surface area contributed by atoms with Crippen molar-refractivity contribution in [2.75, 3.05) is 33.2 Å². The molecule has 0 aliphatic carbocycles. The van der Waals surface area contributed by atoms with Crippen LogP contribution in [0.5, 0.6) is 0 Å². The summed E-state index contributed by atoms with van der Waals surface area (Å²) in [6, 6.07) is 10.5. The summed E-state index contributed by atoms with van der Waals surface area (Å²) in [5.74, 6) is 0.647. The monoisotopic (exact) mass is 275 g/mol. The molecule has 0 radical (unpaired) electrons. The van der Waals surface area contributed by atoms with E-state index in [1.165, 1.54) is 12.0 Å². The Labute approximate surface area is 121 Å². The molecule has 1 aliphatic heterocycles. The first-order valence-corrected chi connectivity index (χ1v) is 7.39. The van der Waals surface area contributed by atoms with E-state index < -0.39 is 0 Å². The number of likely N-dealkylation sites (tertiary alicyclic amines) is 1. The van der Waals surface area contributed by atoms with Crippen LogP contribution in [0.25, 0.3) is 0 Å². The largest absolute Gasteiger partial charge is 0.341 e. The van der Waals surface area contributed by atoms with Crippen molar-refractivity contribution < 1.29 is 4.79 Å². The second kappa shape index (κ2) is 7.41. The molecule has 0 spiro atoms. The molecule has 1 amide bonds. The summed E-state index contributed by atoms with van der Waals surface area (Å²) in [5, 5.41) is 0. The Bertz CT molecular complexity index is 421. The maximum atomic E-state index is 11.7. The first kappa shape index (κ1) is 15.0. The van der Waals surface area contributed by atoms with E-state index in [2.05, 4.69) is 36.2 Å². The minimum absolute atomic E-state index is 0.0837. The average molecular weight is 275 g/mol. The molecule has 0 aromatic heterocycles. The van der Waals surface area contributed by atoms with Gasteiger partial charge in [0.15, 0.2) is 0 Å². The zero-order valence-electron chi connectivity index (χ0n) is 12.3. The number of nitrogens with two attached hydrogens (primary N) is 1. The molecule has 1 atom stereocenters. The molecule has 1 fully saturated rings. The highest BCUT2D eigenvalue weighted by Crippen LogP contribution is 2.18. The van der Waals surface area contributed by atoms with Gasteiger partial charge in [-0.05, 0) is 31.4 Å². The van der Waals surface area contributed by atoms with Crippen LogP contribution < -0.4 is 5.73 Å². The third kappa shape index (κ3) is 4.32. The summed E-state index contributed by atoms with van der Waals surface area (Å²) in [6.45, 7) is 3.85. The van der Waals surface area contributed by atoms with Crippen LogP contribution in [0, 0.1) is 5.92 Å². The lowest BCUT2D eigenvalue weighted by atomic mass is 9.97. The molecule has 0 saturated carbocycles. The molecule has 0 bridgehead atoms. The van der Waals surface area contributed by atoms with Gasteiger partial charge in [0.2, 0.25) is 5.91 Å². The molecular formula is C16H25N3O. The zero-order valence-corrected chi connectivity index (χ0v) is 12.3. The van der Waals surface area contributed by atoms with Crippen LogP contribution in [-0.4, -0.2) is 48.9 Å². The standard InChI is InChI=1S/C16H25N3O/c1-18(11-14-6-3-2-4-7-14)12-15-8-5-9-19(13-15)16(20)10-17/h2-4,6-7,15H,5,8-13,17H2,1H3. The Morgan fingerprint density at radius 3 is 2.85 bits per heavy atom. The van der Waals surface area contributed by atoms with E-state index in [0.29, 0.717) is 5.92 Å². The Hall–Kier alpha value is -1.39. The first-order chi connectivity index (χ1) is 9.69. The molecule has 20 heavy (non-hydrogen) atoms. The highest BCUT2D eigenvalue weighted by Gasteiger charge is 2.23. The van der Waals surface area contributed by atoms with Crippen LogP contribution in [0.3, 0.4) is 0 Å². The zero-order chi connectivity index (χ0) is 14.4. The van der Waals surface area contributed by atoms with Crippen molar-refractivity contribution in [3.63, 3.8) is 0 Å². The van der Waals surface area contributed by atoms with Gasteiger partial charge in [-0.1, -0.05) is 30.3 Å². The maximum Gasteiger partial charge on any atom is 0.236 e. The van der Waals surface area contributed by atoms with Crippen molar-refractivity contribution in [2.24, 2.45) is 11.7 Å². The van der Waals surface area contributed by atoms with E-state index >= 15 is 0 Å². The lowest BCUT2D eigenvalue weighted by Crippen LogP contribution is -2.45. The van der Waals surface area contributed by atoms with E-state index in [-0.39, 0.29) is 12.5 Å². The van der Waals surface area contributed by atoms with Crippen LogP contribution in [0.2, 0.25) is 0 Å². The summed E-state index contributed by atoms with van der Waals surface area (Å²) in [7, 11) is 2.15. The number of carbonyl (C=O) groups excluding carboxylic acids is 1. The minimum Gasteiger partial charge on any atom is -0.341 e. The van der Waals surface area contributed by atoms with Gasteiger partial charge >= 0.3 is 0 Å². The number of hydrogen-bond donors (Lipinski definition) is 1. The fraction of sp³-hybridized carbons (Fsp3) is 0.562. The topological polar surface area (TPSA) is 49.6 Å². The quantitative estimate of drug-likeness (QED) is 0.881. The second-order valence-corrected chi connectivity index (χ2v) is 5.73. The van der Waals surface area contributed by atoms with Crippen molar-refractivity contribution in [3.8, 4) is 0 Å². The van der Waals surface area contributed by atoms with Crippen LogP contribution in [0.1, 0.15) is 18.4 Å². The third-order valence-electron chi connectivity index (χ3n) is 3.91. The number of amides is 1. The van der Waals surface area contributed by atoms with Crippen molar-refractivity contribution in [1.82, 2.24) is 9.80 Å². The van der Waals surface area contributed by atoms with Gasteiger partial charge in [0, 0.05) is 26.2 Å². The molecule has 4 nitrogen and oxygen atoms in total. The molecule has 110 valence electrons. The van der Waals surface area contributed by atoms with Gasteiger partial charge in [-0.2, -0.15) is 0 Å². The van der Waals surface area contributed by atoms with E-state index in [1.54, 1.807) is 0 Å². The Kier molecular flexibility index (Phi) is 5.56. The van der Waals surface area contributed by atoms with Crippen LogP contribution in [0.15, 0.2) is 30.3 Å². The highest BCUT2D eigenvalue weighted by molar-refractivity contribution is 5.78. The number of nitrogens with zero attached hydrogens (tertiary/aromatic N) is 2. The predicted molar refractivity (Wildman–Crippen MR) is 81.1 cm³/mol. The van der Waals surface area contributed by atoms with Crippen molar-refractivity contribution in [2.45, 2.75) is 19.4 Å². The fourth-order valence-electron chi connectivity index (χ4n) is 2.97. The Morgan fingerprint density at radius 2 is 2.15 bits per heavy atom. The summed E-state index contributed by atoms with van der Waals surface area (Å²) in [5.41, 5.74) is 6.78. The van der Waals surface area contributed by atoms with E-state index in [1.807, 2.05) is 11.0 Å². The normalized spacial score (nSPS) is 19.4. The summed E-state index contributed by atoms with van der Waals surface area (Å²) >= 11 is 0. The van der Waals surface area contributed by atoms with Gasteiger partial charge in [0.25, 0.3) is 0 Å². The molecule has 1 aliphatic rings. The smallest absolute Gasteiger partial charge is 0.236 e. The minimum atomic E-state index is 0.0837. The predicted octanol–water partition coefficient (Wildman–Crippen LogP) is 1.32. The van der Waals surface area contributed by atoms with Crippen molar-refractivity contribution >= 4 is 5.91 Å². The van der Waals surface area contributed by atoms with Crippen LogP contribution >= 0.6 is 0 Å². The van der Waals surface area contributed by atoms with Gasteiger partial charge in [0.05, 0.1) is 6.54 Å². The van der Waals surface area contributed by atoms with E-state index in [9.17, 15) is 4.79 Å². The highest BCUT2D eigenvalue weighted by atomic mass is 16.2. The molecule has 1 aromatic rings. The lowest BCUT2D eigenvalue weighted by molar-refractivity contribution is -0.131. The summed E-state index contributed by atoms with van der Waals surface area (Å²) in [6.07, 6.45) is 2.29. The molecule has 1 unspecified atom stereocenters. The van der Waals surface area contributed by atoms with Gasteiger partial charge in [-0.15, -0.1) is 0 Å². The lowest BCUT2D eigenvalue weighted by Gasteiger charge is -2.34. The second-order valence-electron chi connectivity index (χ2n) is 5.73. The number of piperidine rings is 1.